The van der Waals surface area contributed by atoms with Gasteiger partial charge in [-0.25, -0.2) is 9.59 Å². The number of carbonyl (C=O) groups excluding carboxylic acids is 1. The van der Waals surface area contributed by atoms with Crippen molar-refractivity contribution in [1.29, 1.82) is 0 Å². The molecular weight excluding hydrogens is 371 g/mol. The number of hydrogen-bond donors (Lipinski definition) is 1. The largest absolute Gasteiger partial charge is 0.478 e. The first-order valence-corrected chi connectivity index (χ1v) is 7.76. The van der Waals surface area contributed by atoms with Gasteiger partial charge in [-0.15, -0.1) is 0 Å². The van der Waals surface area contributed by atoms with Crippen molar-refractivity contribution in [2.45, 2.75) is 13.1 Å². The first-order valence-electron chi connectivity index (χ1n) is 7.76. The quantitative estimate of drug-likeness (QED) is 0.813. The number of carboxylic acid groups (broad SMARTS) is 1. The maximum Gasteiger partial charge on any atom is 0.432 e. The summed E-state index contributed by atoms with van der Waals surface area (Å²) in [4.78, 5) is 23.6. The number of ether oxygens (including phenoxy) is 3. The van der Waals surface area contributed by atoms with Crippen LogP contribution in [0, 0.1) is 0 Å². The Morgan fingerprint density at radius 3 is 2.37 bits per heavy atom. The van der Waals surface area contributed by atoms with Crippen LogP contribution in [0.1, 0.15) is 33.3 Å². The second-order valence-corrected chi connectivity index (χ2v) is 5.63. The molecule has 0 radical (unpaired) electrons. The molecule has 0 amide bonds. The molecule has 0 spiro atoms. The number of nitrogens with zero attached hydrogens (tertiary/aromatic N) is 1. The lowest BCUT2D eigenvalue weighted by atomic mass is 10.0. The number of hydrogen-bond acceptors (Lipinski definition) is 5. The molecule has 0 bridgehead atoms. The van der Waals surface area contributed by atoms with Gasteiger partial charge in [-0.05, 0) is 25.1 Å². The van der Waals surface area contributed by atoms with Gasteiger partial charge in [0, 0.05) is 12.6 Å². The number of esters is 1. The zero-order chi connectivity index (χ0) is 19.9. The van der Waals surface area contributed by atoms with Crippen LogP contribution in [0.15, 0.2) is 18.2 Å². The van der Waals surface area contributed by atoms with E-state index in [-0.39, 0.29) is 41.7 Å². The minimum absolute atomic E-state index is 0.0460. The minimum Gasteiger partial charge on any atom is -0.478 e. The Hall–Kier alpha value is -3.17. The van der Waals surface area contributed by atoms with E-state index in [1.165, 1.54) is 19.1 Å². The Bertz CT molecular complexity index is 932. The predicted molar refractivity (Wildman–Crippen MR) is 84.9 cm³/mol. The molecule has 1 aliphatic heterocycles. The Kier molecular flexibility index (Phi) is 4.50. The number of alkyl halides is 3. The molecule has 0 saturated carbocycles. The third-order valence-corrected chi connectivity index (χ3v) is 4.02. The lowest BCUT2D eigenvalue weighted by Crippen LogP contribution is -2.17. The minimum atomic E-state index is -4.85. The summed E-state index contributed by atoms with van der Waals surface area (Å²) in [5, 5.41) is 9.46. The number of rotatable bonds is 4. The van der Waals surface area contributed by atoms with E-state index in [4.69, 9.17) is 14.2 Å². The monoisotopic (exact) mass is 385 g/mol. The van der Waals surface area contributed by atoms with Gasteiger partial charge < -0.3 is 23.9 Å². The molecule has 2 aromatic rings. The van der Waals surface area contributed by atoms with E-state index in [0.29, 0.717) is 0 Å². The summed E-state index contributed by atoms with van der Waals surface area (Å²) in [5.41, 5.74) is -2.39. The molecule has 10 heteroatoms. The fourth-order valence-corrected chi connectivity index (χ4v) is 2.90. The normalized spacial score (nSPS) is 12.9. The van der Waals surface area contributed by atoms with Crippen molar-refractivity contribution in [3.63, 3.8) is 0 Å². The van der Waals surface area contributed by atoms with Crippen LogP contribution in [0.5, 0.6) is 11.5 Å². The summed E-state index contributed by atoms with van der Waals surface area (Å²) in [5.74, 6) is -2.14. The molecule has 1 aliphatic rings. The Morgan fingerprint density at radius 1 is 1.19 bits per heavy atom. The summed E-state index contributed by atoms with van der Waals surface area (Å²) in [6, 6.07) is 3.41. The Morgan fingerprint density at radius 2 is 1.81 bits per heavy atom. The van der Waals surface area contributed by atoms with Crippen LogP contribution >= 0.6 is 0 Å². The van der Waals surface area contributed by atoms with Crippen LogP contribution in [-0.2, 0) is 18.0 Å². The molecule has 0 unspecified atom stereocenters. The molecule has 0 aliphatic carbocycles. The molecule has 7 nitrogen and oxygen atoms in total. The van der Waals surface area contributed by atoms with Gasteiger partial charge in [0.05, 0.1) is 23.4 Å². The van der Waals surface area contributed by atoms with E-state index in [2.05, 4.69) is 0 Å². The summed E-state index contributed by atoms with van der Waals surface area (Å²) in [7, 11) is 1.09. The van der Waals surface area contributed by atoms with Crippen LogP contribution in [0.3, 0.4) is 0 Å². The predicted octanol–water partition coefficient (Wildman–Crippen LogP) is 3.31. The summed E-state index contributed by atoms with van der Waals surface area (Å²) in [6.07, 6.45) is -4.85. The first-order chi connectivity index (χ1) is 12.6. The zero-order valence-corrected chi connectivity index (χ0v) is 14.2. The standard InChI is InChI=1S/C17H14F3NO6/c1-3-25-16(24)10-4-11(21(2)14(10)17(18,19)20)8-5-12-13(27-7-26-12)6-9(8)15(22)23/h4-6H,3,7H2,1-2H3,(H,22,23). The number of fused-ring (bicyclic) bond motifs is 1. The van der Waals surface area contributed by atoms with E-state index in [9.17, 15) is 27.9 Å². The van der Waals surface area contributed by atoms with Crippen molar-refractivity contribution in [1.82, 2.24) is 4.57 Å². The maximum absolute atomic E-state index is 13.5. The molecule has 0 atom stereocenters. The van der Waals surface area contributed by atoms with Gasteiger partial charge in [0.2, 0.25) is 6.79 Å². The summed E-state index contributed by atoms with van der Waals surface area (Å²) in [6.45, 7) is 1.23. The Labute approximate surface area is 150 Å². The SMILES string of the molecule is CCOC(=O)c1cc(-c2cc3c(cc2C(=O)O)OCO3)n(C)c1C(F)(F)F. The maximum atomic E-state index is 13.5. The third kappa shape index (κ3) is 3.18. The van der Waals surface area contributed by atoms with Crippen LogP contribution in [0.4, 0.5) is 13.2 Å². The van der Waals surface area contributed by atoms with E-state index in [0.717, 1.165) is 17.7 Å². The summed E-state index contributed by atoms with van der Waals surface area (Å²) >= 11 is 0. The second-order valence-electron chi connectivity index (χ2n) is 5.63. The fourth-order valence-electron chi connectivity index (χ4n) is 2.90. The zero-order valence-electron chi connectivity index (χ0n) is 14.2. The highest BCUT2D eigenvalue weighted by Gasteiger charge is 2.41. The molecule has 3 rings (SSSR count). The first kappa shape index (κ1) is 18.6. The van der Waals surface area contributed by atoms with Gasteiger partial charge in [-0.2, -0.15) is 13.2 Å². The molecule has 2 heterocycles. The summed E-state index contributed by atoms with van der Waals surface area (Å²) < 4.78 is 56.3. The topological polar surface area (TPSA) is 87.0 Å². The van der Waals surface area contributed by atoms with Crippen LogP contribution in [-0.4, -0.2) is 35.0 Å². The van der Waals surface area contributed by atoms with Gasteiger partial charge in [-0.1, -0.05) is 0 Å². The van der Waals surface area contributed by atoms with Crippen molar-refractivity contribution in [3.05, 3.63) is 35.0 Å². The van der Waals surface area contributed by atoms with Crippen molar-refractivity contribution in [3.8, 4) is 22.8 Å². The fraction of sp³-hybridized carbons (Fsp3) is 0.294. The van der Waals surface area contributed by atoms with Gasteiger partial charge in [0.15, 0.2) is 11.5 Å². The highest BCUT2D eigenvalue weighted by molar-refractivity contribution is 5.99. The number of benzene rings is 1. The second kappa shape index (κ2) is 6.53. The third-order valence-electron chi connectivity index (χ3n) is 4.02. The smallest absolute Gasteiger partial charge is 0.432 e. The van der Waals surface area contributed by atoms with Crippen molar-refractivity contribution in [2.75, 3.05) is 13.4 Å². The number of carboxylic acids is 1. The highest BCUT2D eigenvalue weighted by Crippen LogP contribution is 2.42. The van der Waals surface area contributed by atoms with Crippen LogP contribution in [0.2, 0.25) is 0 Å². The van der Waals surface area contributed by atoms with Crippen LogP contribution < -0.4 is 9.47 Å². The van der Waals surface area contributed by atoms with Gasteiger partial charge in [0.1, 0.15) is 5.69 Å². The van der Waals surface area contributed by atoms with Gasteiger partial charge in [0.25, 0.3) is 0 Å². The van der Waals surface area contributed by atoms with E-state index in [1.807, 2.05) is 0 Å². The van der Waals surface area contributed by atoms with Gasteiger partial charge >= 0.3 is 18.1 Å². The number of aromatic carboxylic acids is 1. The highest BCUT2D eigenvalue weighted by atomic mass is 19.4. The molecule has 27 heavy (non-hydrogen) atoms. The lowest BCUT2D eigenvalue weighted by Gasteiger charge is -2.13. The molecule has 0 saturated heterocycles. The Balaban J connectivity index is 2.27. The molecule has 1 aromatic carbocycles. The van der Waals surface area contributed by atoms with E-state index >= 15 is 0 Å². The van der Waals surface area contributed by atoms with Crippen LogP contribution in [0.25, 0.3) is 11.3 Å². The average molecular weight is 385 g/mol. The number of halogens is 3. The van der Waals surface area contributed by atoms with Gasteiger partial charge in [-0.3, -0.25) is 0 Å². The molecular formula is C17H14F3NO6. The molecule has 1 N–H and O–H groups in total. The molecule has 0 fully saturated rings. The number of aromatic nitrogens is 1. The number of carbonyl (C=O) groups is 2. The van der Waals surface area contributed by atoms with Crippen molar-refractivity contribution < 1.29 is 42.1 Å². The van der Waals surface area contributed by atoms with Crippen molar-refractivity contribution in [2.24, 2.45) is 7.05 Å². The average Bonchev–Trinajstić information content (AvgIpc) is 3.16. The molecule has 1 aromatic heterocycles. The lowest BCUT2D eigenvalue weighted by molar-refractivity contribution is -0.143. The van der Waals surface area contributed by atoms with Crippen molar-refractivity contribution >= 4 is 11.9 Å². The van der Waals surface area contributed by atoms with E-state index < -0.39 is 29.4 Å². The molecule has 144 valence electrons. The van der Waals surface area contributed by atoms with E-state index in [1.54, 1.807) is 0 Å².